The number of rotatable bonds is 5. The van der Waals surface area contributed by atoms with E-state index in [4.69, 9.17) is 0 Å². The van der Waals surface area contributed by atoms with E-state index in [1.807, 2.05) is 39.8 Å². The standard InChI is InChI=1S/C15H24FN3.HI/c1-5-17-14(18-6-2)19-11-15(3,4)12-9-7-8-10-13(12)16;/h7-10H,5-6,11H2,1-4H3,(H2,17,18,19);1H. The lowest BCUT2D eigenvalue weighted by molar-refractivity contribution is 0.492. The molecule has 0 unspecified atom stereocenters. The average Bonchev–Trinajstić information content (AvgIpc) is 2.37. The monoisotopic (exact) mass is 393 g/mol. The number of halogens is 2. The second-order valence-corrected chi connectivity index (χ2v) is 5.09. The van der Waals surface area contributed by atoms with Crippen LogP contribution in [-0.4, -0.2) is 25.6 Å². The van der Waals surface area contributed by atoms with Crippen LogP contribution in [0.2, 0.25) is 0 Å². The molecular weight excluding hydrogens is 368 g/mol. The molecular formula is C15H25FIN3. The van der Waals surface area contributed by atoms with Gasteiger partial charge in [-0.15, -0.1) is 24.0 Å². The molecule has 0 fully saturated rings. The first-order valence-electron chi connectivity index (χ1n) is 6.78. The average molecular weight is 393 g/mol. The van der Waals surface area contributed by atoms with Gasteiger partial charge in [-0.3, -0.25) is 4.99 Å². The molecule has 1 rings (SSSR count). The number of nitrogens with zero attached hydrogens (tertiary/aromatic N) is 1. The third-order valence-electron chi connectivity index (χ3n) is 2.92. The van der Waals surface area contributed by atoms with Crippen molar-refractivity contribution in [2.75, 3.05) is 19.6 Å². The molecule has 1 aromatic rings. The van der Waals surface area contributed by atoms with Crippen LogP contribution in [0.3, 0.4) is 0 Å². The van der Waals surface area contributed by atoms with Crippen molar-refractivity contribution in [3.8, 4) is 0 Å². The van der Waals surface area contributed by atoms with Gasteiger partial charge in [-0.05, 0) is 25.5 Å². The third kappa shape index (κ3) is 5.64. The highest BCUT2D eigenvalue weighted by Crippen LogP contribution is 2.25. The Kier molecular flexibility index (Phi) is 8.76. The first kappa shape index (κ1) is 19.1. The van der Waals surface area contributed by atoms with Gasteiger partial charge in [0.1, 0.15) is 5.82 Å². The summed E-state index contributed by atoms with van der Waals surface area (Å²) in [4.78, 5) is 4.52. The maximum absolute atomic E-state index is 13.8. The quantitative estimate of drug-likeness (QED) is 0.458. The van der Waals surface area contributed by atoms with Crippen LogP contribution in [0.25, 0.3) is 0 Å². The Labute approximate surface area is 138 Å². The molecule has 3 nitrogen and oxygen atoms in total. The lowest BCUT2D eigenvalue weighted by Crippen LogP contribution is -2.38. The summed E-state index contributed by atoms with van der Waals surface area (Å²) in [6.07, 6.45) is 0. The summed E-state index contributed by atoms with van der Waals surface area (Å²) < 4.78 is 13.8. The molecule has 0 bridgehead atoms. The van der Waals surface area contributed by atoms with Gasteiger partial charge in [-0.2, -0.15) is 0 Å². The Morgan fingerprint density at radius 1 is 1.15 bits per heavy atom. The minimum atomic E-state index is -0.332. The first-order chi connectivity index (χ1) is 9.01. The summed E-state index contributed by atoms with van der Waals surface area (Å²) in [6.45, 7) is 10.2. The van der Waals surface area contributed by atoms with Crippen molar-refractivity contribution >= 4 is 29.9 Å². The molecule has 5 heteroatoms. The van der Waals surface area contributed by atoms with E-state index in [-0.39, 0.29) is 35.2 Å². The zero-order valence-corrected chi connectivity index (χ0v) is 15.0. The lowest BCUT2D eigenvalue weighted by Gasteiger charge is -2.24. The zero-order chi connectivity index (χ0) is 14.3. The van der Waals surface area contributed by atoms with Crippen LogP contribution in [0.15, 0.2) is 29.3 Å². The molecule has 0 radical (unpaired) electrons. The van der Waals surface area contributed by atoms with E-state index >= 15 is 0 Å². The highest BCUT2D eigenvalue weighted by atomic mass is 127. The third-order valence-corrected chi connectivity index (χ3v) is 2.92. The normalized spacial score (nSPS) is 10.4. The van der Waals surface area contributed by atoms with E-state index in [1.54, 1.807) is 6.07 Å². The number of aliphatic imine (C=N–C) groups is 1. The van der Waals surface area contributed by atoms with Gasteiger partial charge >= 0.3 is 0 Å². The van der Waals surface area contributed by atoms with Crippen LogP contribution in [-0.2, 0) is 5.41 Å². The molecule has 114 valence electrons. The number of benzene rings is 1. The van der Waals surface area contributed by atoms with Gasteiger partial charge in [0.25, 0.3) is 0 Å². The molecule has 20 heavy (non-hydrogen) atoms. The predicted molar refractivity (Wildman–Crippen MR) is 94.5 cm³/mol. The molecule has 1 aromatic carbocycles. The number of guanidine groups is 1. The molecule has 0 saturated heterocycles. The van der Waals surface area contributed by atoms with Crippen molar-refractivity contribution in [1.29, 1.82) is 0 Å². The van der Waals surface area contributed by atoms with Gasteiger partial charge in [0.2, 0.25) is 0 Å². The van der Waals surface area contributed by atoms with Crippen molar-refractivity contribution in [3.05, 3.63) is 35.6 Å². The van der Waals surface area contributed by atoms with Gasteiger partial charge in [-0.1, -0.05) is 32.0 Å². The maximum Gasteiger partial charge on any atom is 0.191 e. The van der Waals surface area contributed by atoms with Gasteiger partial charge in [-0.25, -0.2) is 4.39 Å². The summed E-state index contributed by atoms with van der Waals surface area (Å²) >= 11 is 0. The summed E-state index contributed by atoms with van der Waals surface area (Å²) in [7, 11) is 0. The summed E-state index contributed by atoms with van der Waals surface area (Å²) in [5, 5.41) is 6.33. The molecule has 0 spiro atoms. The Balaban J connectivity index is 0.00000361. The predicted octanol–water partition coefficient (Wildman–Crippen LogP) is 3.30. The molecule has 0 aromatic heterocycles. The smallest absolute Gasteiger partial charge is 0.191 e. The van der Waals surface area contributed by atoms with Crippen molar-refractivity contribution < 1.29 is 4.39 Å². The molecule has 0 amide bonds. The minimum Gasteiger partial charge on any atom is -0.357 e. The fourth-order valence-corrected chi connectivity index (χ4v) is 1.88. The van der Waals surface area contributed by atoms with E-state index in [2.05, 4.69) is 15.6 Å². The fraction of sp³-hybridized carbons (Fsp3) is 0.533. The van der Waals surface area contributed by atoms with Crippen LogP contribution in [0.4, 0.5) is 4.39 Å². The van der Waals surface area contributed by atoms with Crippen molar-refractivity contribution in [3.63, 3.8) is 0 Å². The lowest BCUT2D eigenvalue weighted by atomic mass is 9.84. The molecule has 2 N–H and O–H groups in total. The topological polar surface area (TPSA) is 36.4 Å². The Morgan fingerprint density at radius 3 is 2.20 bits per heavy atom. The molecule has 0 aliphatic heterocycles. The Bertz CT molecular complexity index is 425. The first-order valence-corrected chi connectivity index (χ1v) is 6.78. The van der Waals surface area contributed by atoms with E-state index < -0.39 is 0 Å². The summed E-state index contributed by atoms with van der Waals surface area (Å²) in [6, 6.07) is 6.89. The second-order valence-electron chi connectivity index (χ2n) is 5.09. The number of nitrogens with one attached hydrogen (secondary N) is 2. The van der Waals surface area contributed by atoms with Crippen LogP contribution in [0, 0.1) is 5.82 Å². The van der Waals surface area contributed by atoms with Gasteiger partial charge in [0.15, 0.2) is 5.96 Å². The minimum absolute atomic E-state index is 0. The van der Waals surface area contributed by atoms with E-state index in [0.29, 0.717) is 12.1 Å². The van der Waals surface area contributed by atoms with E-state index in [0.717, 1.165) is 19.0 Å². The summed E-state index contributed by atoms with van der Waals surface area (Å²) in [5.74, 6) is 0.602. The molecule has 0 saturated carbocycles. The fourth-order valence-electron chi connectivity index (χ4n) is 1.88. The van der Waals surface area contributed by atoms with Gasteiger partial charge < -0.3 is 10.6 Å². The second kappa shape index (κ2) is 9.15. The Hall–Kier alpha value is -0.850. The SMILES string of the molecule is CCNC(=NCC(C)(C)c1ccccc1F)NCC.I. The summed E-state index contributed by atoms with van der Waals surface area (Å²) in [5.41, 5.74) is 0.368. The van der Waals surface area contributed by atoms with Crippen LogP contribution in [0.1, 0.15) is 33.3 Å². The van der Waals surface area contributed by atoms with E-state index in [9.17, 15) is 4.39 Å². The van der Waals surface area contributed by atoms with Crippen molar-refractivity contribution in [2.45, 2.75) is 33.1 Å². The zero-order valence-electron chi connectivity index (χ0n) is 12.7. The Morgan fingerprint density at radius 2 is 1.70 bits per heavy atom. The molecule has 0 aliphatic carbocycles. The van der Waals surface area contributed by atoms with E-state index in [1.165, 1.54) is 6.07 Å². The van der Waals surface area contributed by atoms with Gasteiger partial charge in [0, 0.05) is 18.5 Å². The van der Waals surface area contributed by atoms with Crippen molar-refractivity contribution in [2.24, 2.45) is 4.99 Å². The highest BCUT2D eigenvalue weighted by Gasteiger charge is 2.23. The molecule has 0 heterocycles. The van der Waals surface area contributed by atoms with Crippen LogP contribution >= 0.6 is 24.0 Å². The maximum atomic E-state index is 13.8. The number of hydrogen-bond acceptors (Lipinski definition) is 1. The van der Waals surface area contributed by atoms with Crippen LogP contribution in [0.5, 0.6) is 0 Å². The number of hydrogen-bond donors (Lipinski definition) is 2. The largest absolute Gasteiger partial charge is 0.357 e. The van der Waals surface area contributed by atoms with Gasteiger partial charge in [0.05, 0.1) is 6.54 Å². The van der Waals surface area contributed by atoms with Crippen LogP contribution < -0.4 is 10.6 Å². The molecule has 0 atom stereocenters. The van der Waals surface area contributed by atoms with Crippen molar-refractivity contribution in [1.82, 2.24) is 10.6 Å². The molecule has 0 aliphatic rings. The highest BCUT2D eigenvalue weighted by molar-refractivity contribution is 14.0.